The molecule has 1 aromatic rings. The molecule has 0 unspecified atom stereocenters. The van der Waals surface area contributed by atoms with Gasteiger partial charge in [-0.2, -0.15) is 0 Å². The third-order valence-electron chi connectivity index (χ3n) is 2.96. The third-order valence-corrected chi connectivity index (χ3v) is 2.96. The molecular formula is C14H27N5. The molecule has 0 atom stereocenters. The molecule has 1 heterocycles. The summed E-state index contributed by atoms with van der Waals surface area (Å²) in [5.41, 5.74) is 0. The summed E-state index contributed by atoms with van der Waals surface area (Å²) >= 11 is 0. The first-order valence-corrected chi connectivity index (χ1v) is 7.07. The summed E-state index contributed by atoms with van der Waals surface area (Å²) in [6.45, 7) is 9.84. The van der Waals surface area contributed by atoms with Gasteiger partial charge in [0, 0.05) is 38.6 Å². The quantitative estimate of drug-likeness (QED) is 0.544. The number of aliphatic imine (C=N–C) groups is 1. The van der Waals surface area contributed by atoms with Gasteiger partial charge >= 0.3 is 0 Å². The molecule has 0 aliphatic rings. The van der Waals surface area contributed by atoms with Gasteiger partial charge in [-0.1, -0.05) is 6.92 Å². The summed E-state index contributed by atoms with van der Waals surface area (Å²) < 4.78 is 2.15. The van der Waals surface area contributed by atoms with E-state index in [9.17, 15) is 0 Å². The number of nitrogens with zero attached hydrogens (tertiary/aromatic N) is 3. The Morgan fingerprint density at radius 3 is 2.58 bits per heavy atom. The Balaban J connectivity index is 2.28. The number of hydrogen-bond acceptors (Lipinski definition) is 2. The van der Waals surface area contributed by atoms with Crippen LogP contribution in [-0.4, -0.2) is 55.2 Å². The van der Waals surface area contributed by atoms with E-state index in [4.69, 9.17) is 0 Å². The Kier molecular flexibility index (Phi) is 7.74. The fraction of sp³-hybridized carbons (Fsp3) is 0.643. The van der Waals surface area contributed by atoms with Crippen molar-refractivity contribution >= 4 is 5.96 Å². The van der Waals surface area contributed by atoms with Crippen molar-refractivity contribution in [3.8, 4) is 0 Å². The summed E-state index contributed by atoms with van der Waals surface area (Å²) in [6, 6.07) is 4.08. The van der Waals surface area contributed by atoms with Crippen molar-refractivity contribution in [1.82, 2.24) is 20.1 Å². The molecule has 0 spiro atoms. The lowest BCUT2D eigenvalue weighted by molar-refractivity contribution is 0.363. The molecule has 0 saturated heterocycles. The highest BCUT2D eigenvalue weighted by Gasteiger charge is 1.97. The van der Waals surface area contributed by atoms with E-state index in [-0.39, 0.29) is 0 Å². The van der Waals surface area contributed by atoms with E-state index < -0.39 is 0 Å². The fourth-order valence-electron chi connectivity index (χ4n) is 1.66. The van der Waals surface area contributed by atoms with Crippen LogP contribution in [-0.2, 0) is 6.54 Å². The highest BCUT2D eigenvalue weighted by atomic mass is 15.2. The van der Waals surface area contributed by atoms with Gasteiger partial charge < -0.3 is 20.1 Å². The summed E-state index contributed by atoms with van der Waals surface area (Å²) in [6.07, 6.45) is 4.14. The predicted molar refractivity (Wildman–Crippen MR) is 81.6 cm³/mol. The summed E-state index contributed by atoms with van der Waals surface area (Å²) in [5.74, 6) is 0.902. The number of rotatable bonds is 8. The van der Waals surface area contributed by atoms with Gasteiger partial charge in [0.15, 0.2) is 5.96 Å². The minimum atomic E-state index is 0.823. The Morgan fingerprint density at radius 2 is 1.95 bits per heavy atom. The first kappa shape index (κ1) is 15.6. The van der Waals surface area contributed by atoms with Gasteiger partial charge in [-0.25, -0.2) is 0 Å². The van der Waals surface area contributed by atoms with Gasteiger partial charge in [0.1, 0.15) is 0 Å². The van der Waals surface area contributed by atoms with Crippen molar-refractivity contribution in [3.63, 3.8) is 0 Å². The van der Waals surface area contributed by atoms with Gasteiger partial charge in [0.2, 0.25) is 0 Å². The molecule has 108 valence electrons. The van der Waals surface area contributed by atoms with Crippen LogP contribution in [0.2, 0.25) is 0 Å². The highest BCUT2D eigenvalue weighted by Crippen LogP contribution is 1.88. The second-order valence-corrected chi connectivity index (χ2v) is 4.50. The van der Waals surface area contributed by atoms with Crippen molar-refractivity contribution in [2.24, 2.45) is 4.99 Å². The van der Waals surface area contributed by atoms with Crippen LogP contribution in [0, 0.1) is 0 Å². The van der Waals surface area contributed by atoms with Crippen LogP contribution in [0.4, 0.5) is 0 Å². The molecule has 0 amide bonds. The van der Waals surface area contributed by atoms with E-state index in [0.717, 1.165) is 45.2 Å². The number of hydrogen-bond donors (Lipinski definition) is 2. The van der Waals surface area contributed by atoms with Crippen molar-refractivity contribution in [2.75, 3.05) is 39.8 Å². The molecule has 0 aliphatic carbocycles. The topological polar surface area (TPSA) is 44.6 Å². The number of aromatic nitrogens is 1. The Morgan fingerprint density at radius 1 is 1.21 bits per heavy atom. The average molecular weight is 265 g/mol. The summed E-state index contributed by atoms with van der Waals surface area (Å²) in [7, 11) is 2.11. The molecule has 19 heavy (non-hydrogen) atoms. The second kappa shape index (κ2) is 9.44. The van der Waals surface area contributed by atoms with E-state index in [1.807, 2.05) is 12.1 Å². The normalized spacial score (nSPS) is 11.9. The van der Waals surface area contributed by atoms with Gasteiger partial charge in [-0.15, -0.1) is 0 Å². The van der Waals surface area contributed by atoms with E-state index in [0.29, 0.717) is 0 Å². The van der Waals surface area contributed by atoms with Crippen LogP contribution in [0.5, 0.6) is 0 Å². The molecule has 0 bridgehead atoms. The lowest BCUT2D eigenvalue weighted by Gasteiger charge is -2.14. The van der Waals surface area contributed by atoms with E-state index in [1.165, 1.54) is 0 Å². The molecule has 1 aromatic heterocycles. The zero-order chi connectivity index (χ0) is 13.9. The molecular weight excluding hydrogens is 238 g/mol. The predicted octanol–water partition coefficient (Wildman–Crippen LogP) is 0.995. The van der Waals surface area contributed by atoms with Crippen LogP contribution in [0.1, 0.15) is 13.8 Å². The SMILES string of the molecule is CCNC(=NCCN(C)CC)NCCn1cccc1. The lowest BCUT2D eigenvalue weighted by atomic mass is 10.5. The number of likely N-dealkylation sites (N-methyl/N-ethyl adjacent to an activating group) is 1. The summed E-state index contributed by atoms with van der Waals surface area (Å²) in [5, 5.41) is 6.62. The zero-order valence-electron chi connectivity index (χ0n) is 12.4. The largest absolute Gasteiger partial charge is 0.357 e. The van der Waals surface area contributed by atoms with E-state index in [2.05, 4.69) is 58.4 Å². The maximum absolute atomic E-state index is 4.56. The van der Waals surface area contributed by atoms with Gasteiger partial charge in [-0.05, 0) is 32.6 Å². The van der Waals surface area contributed by atoms with Crippen LogP contribution in [0.25, 0.3) is 0 Å². The molecule has 5 nitrogen and oxygen atoms in total. The van der Waals surface area contributed by atoms with Crippen molar-refractivity contribution < 1.29 is 0 Å². The standard InChI is InChI=1S/C14H27N5/c1-4-15-14(16-8-12-18(3)5-2)17-9-13-19-10-6-7-11-19/h6-7,10-11H,4-5,8-9,12-13H2,1-3H3,(H2,15,16,17). The second-order valence-electron chi connectivity index (χ2n) is 4.50. The maximum Gasteiger partial charge on any atom is 0.191 e. The van der Waals surface area contributed by atoms with Crippen LogP contribution >= 0.6 is 0 Å². The molecule has 5 heteroatoms. The van der Waals surface area contributed by atoms with Crippen molar-refractivity contribution in [3.05, 3.63) is 24.5 Å². The minimum absolute atomic E-state index is 0.823. The lowest BCUT2D eigenvalue weighted by Crippen LogP contribution is -2.39. The Bertz CT molecular complexity index is 345. The molecule has 0 saturated carbocycles. The summed E-state index contributed by atoms with van der Waals surface area (Å²) in [4.78, 5) is 6.82. The first-order chi connectivity index (χ1) is 9.26. The van der Waals surface area contributed by atoms with Crippen LogP contribution in [0.15, 0.2) is 29.5 Å². The fourth-order valence-corrected chi connectivity index (χ4v) is 1.66. The molecule has 1 rings (SSSR count). The van der Waals surface area contributed by atoms with Crippen LogP contribution < -0.4 is 10.6 Å². The van der Waals surface area contributed by atoms with E-state index in [1.54, 1.807) is 0 Å². The minimum Gasteiger partial charge on any atom is -0.357 e. The van der Waals surface area contributed by atoms with Gasteiger partial charge in [0.05, 0.1) is 6.54 Å². The monoisotopic (exact) mass is 265 g/mol. The average Bonchev–Trinajstić information content (AvgIpc) is 2.91. The van der Waals surface area contributed by atoms with Crippen molar-refractivity contribution in [2.45, 2.75) is 20.4 Å². The zero-order valence-corrected chi connectivity index (χ0v) is 12.4. The highest BCUT2D eigenvalue weighted by molar-refractivity contribution is 5.79. The third kappa shape index (κ3) is 6.86. The van der Waals surface area contributed by atoms with Gasteiger partial charge in [-0.3, -0.25) is 4.99 Å². The molecule has 0 radical (unpaired) electrons. The first-order valence-electron chi connectivity index (χ1n) is 7.07. The van der Waals surface area contributed by atoms with Gasteiger partial charge in [0.25, 0.3) is 0 Å². The Hall–Kier alpha value is -1.49. The van der Waals surface area contributed by atoms with Crippen LogP contribution in [0.3, 0.4) is 0 Å². The number of nitrogens with one attached hydrogen (secondary N) is 2. The molecule has 2 N–H and O–H groups in total. The van der Waals surface area contributed by atoms with E-state index >= 15 is 0 Å². The molecule has 0 aromatic carbocycles. The molecule has 0 fully saturated rings. The molecule has 0 aliphatic heterocycles. The smallest absolute Gasteiger partial charge is 0.191 e. The van der Waals surface area contributed by atoms with Crippen molar-refractivity contribution in [1.29, 1.82) is 0 Å². The number of guanidine groups is 1. The Labute approximate surface area is 116 Å². The maximum atomic E-state index is 4.56.